The Labute approximate surface area is 110 Å². The Bertz CT molecular complexity index is 389. The SMILES string of the molecule is CCSC1CCC(Nc2ncc(Cl)cc2F)C1. The third kappa shape index (κ3) is 3.49. The summed E-state index contributed by atoms with van der Waals surface area (Å²) < 4.78 is 13.5. The van der Waals surface area contributed by atoms with Crippen LogP contribution in [-0.4, -0.2) is 22.0 Å². The molecule has 0 aromatic carbocycles. The summed E-state index contributed by atoms with van der Waals surface area (Å²) in [6.45, 7) is 2.17. The highest BCUT2D eigenvalue weighted by Crippen LogP contribution is 2.31. The lowest BCUT2D eigenvalue weighted by atomic mass is 10.2. The quantitative estimate of drug-likeness (QED) is 0.900. The number of hydrogen-bond acceptors (Lipinski definition) is 3. The first-order valence-electron chi connectivity index (χ1n) is 5.88. The van der Waals surface area contributed by atoms with Crippen molar-refractivity contribution in [2.24, 2.45) is 0 Å². The molecule has 1 saturated carbocycles. The van der Waals surface area contributed by atoms with E-state index >= 15 is 0 Å². The molecule has 0 amide bonds. The van der Waals surface area contributed by atoms with E-state index < -0.39 is 0 Å². The van der Waals surface area contributed by atoms with Crippen molar-refractivity contribution in [3.05, 3.63) is 23.1 Å². The molecule has 2 unspecified atom stereocenters. The Morgan fingerprint density at radius 1 is 1.59 bits per heavy atom. The number of halogens is 2. The van der Waals surface area contributed by atoms with Crippen LogP contribution >= 0.6 is 23.4 Å². The average Bonchev–Trinajstić information content (AvgIpc) is 2.71. The summed E-state index contributed by atoms with van der Waals surface area (Å²) in [5.41, 5.74) is 0. The van der Waals surface area contributed by atoms with Crippen molar-refractivity contribution < 1.29 is 4.39 Å². The van der Waals surface area contributed by atoms with Crippen LogP contribution in [0, 0.1) is 5.82 Å². The van der Waals surface area contributed by atoms with Crippen LogP contribution in [0.1, 0.15) is 26.2 Å². The lowest BCUT2D eigenvalue weighted by Gasteiger charge is -2.14. The van der Waals surface area contributed by atoms with E-state index in [0.717, 1.165) is 18.6 Å². The van der Waals surface area contributed by atoms with Gasteiger partial charge in [-0.1, -0.05) is 18.5 Å². The van der Waals surface area contributed by atoms with Gasteiger partial charge in [-0.15, -0.1) is 0 Å². The van der Waals surface area contributed by atoms with E-state index in [1.54, 1.807) is 0 Å². The number of thioether (sulfide) groups is 1. The zero-order chi connectivity index (χ0) is 12.3. The molecule has 5 heteroatoms. The molecular formula is C12H16ClFN2S. The summed E-state index contributed by atoms with van der Waals surface area (Å²) in [4.78, 5) is 3.99. The molecule has 1 aromatic heterocycles. The predicted molar refractivity (Wildman–Crippen MR) is 72.4 cm³/mol. The van der Waals surface area contributed by atoms with Gasteiger partial charge in [-0.3, -0.25) is 0 Å². The van der Waals surface area contributed by atoms with E-state index in [9.17, 15) is 4.39 Å². The Morgan fingerprint density at radius 3 is 3.12 bits per heavy atom. The Kier molecular flexibility index (Phi) is 4.51. The first-order chi connectivity index (χ1) is 8.19. The van der Waals surface area contributed by atoms with Gasteiger partial charge < -0.3 is 5.32 Å². The maximum absolute atomic E-state index is 13.5. The minimum absolute atomic E-state index is 0.321. The van der Waals surface area contributed by atoms with Crippen LogP contribution in [-0.2, 0) is 0 Å². The van der Waals surface area contributed by atoms with Crippen LogP contribution in [0.4, 0.5) is 10.2 Å². The highest BCUT2D eigenvalue weighted by molar-refractivity contribution is 7.99. The zero-order valence-corrected chi connectivity index (χ0v) is 11.3. The molecular weight excluding hydrogens is 259 g/mol. The van der Waals surface area contributed by atoms with Gasteiger partial charge in [-0.25, -0.2) is 9.37 Å². The Morgan fingerprint density at radius 2 is 2.41 bits per heavy atom. The molecule has 94 valence electrons. The van der Waals surface area contributed by atoms with E-state index in [1.165, 1.54) is 18.7 Å². The second kappa shape index (κ2) is 5.91. The van der Waals surface area contributed by atoms with Crippen LogP contribution in [0.5, 0.6) is 0 Å². The van der Waals surface area contributed by atoms with Crippen molar-refractivity contribution in [1.82, 2.24) is 4.98 Å². The minimum Gasteiger partial charge on any atom is -0.365 e. The second-order valence-corrected chi connectivity index (χ2v) is 6.23. The second-order valence-electron chi connectivity index (χ2n) is 4.22. The van der Waals surface area contributed by atoms with E-state index in [1.807, 2.05) is 11.8 Å². The van der Waals surface area contributed by atoms with Crippen molar-refractivity contribution >= 4 is 29.2 Å². The fourth-order valence-electron chi connectivity index (χ4n) is 2.17. The number of hydrogen-bond donors (Lipinski definition) is 1. The lowest BCUT2D eigenvalue weighted by Crippen LogP contribution is -2.17. The maximum Gasteiger partial charge on any atom is 0.166 e. The molecule has 17 heavy (non-hydrogen) atoms. The molecule has 1 aliphatic rings. The first-order valence-corrected chi connectivity index (χ1v) is 7.31. The molecule has 1 N–H and O–H groups in total. The van der Waals surface area contributed by atoms with Crippen LogP contribution < -0.4 is 5.32 Å². The van der Waals surface area contributed by atoms with Crippen molar-refractivity contribution in [1.29, 1.82) is 0 Å². The average molecular weight is 275 g/mol. The van der Waals surface area contributed by atoms with Gasteiger partial charge in [0.25, 0.3) is 0 Å². The minimum atomic E-state index is -0.371. The van der Waals surface area contributed by atoms with Crippen molar-refractivity contribution in [2.75, 3.05) is 11.1 Å². The van der Waals surface area contributed by atoms with E-state index in [2.05, 4.69) is 17.2 Å². The fourth-order valence-corrected chi connectivity index (χ4v) is 3.46. The van der Waals surface area contributed by atoms with E-state index in [4.69, 9.17) is 11.6 Å². The van der Waals surface area contributed by atoms with Gasteiger partial charge in [0.05, 0.1) is 5.02 Å². The summed E-state index contributed by atoms with van der Waals surface area (Å²) >= 11 is 7.65. The zero-order valence-electron chi connectivity index (χ0n) is 9.75. The number of nitrogens with one attached hydrogen (secondary N) is 1. The molecule has 1 fully saturated rings. The monoisotopic (exact) mass is 274 g/mol. The smallest absolute Gasteiger partial charge is 0.166 e. The number of anilines is 1. The molecule has 1 aromatic rings. The molecule has 0 radical (unpaired) electrons. The highest BCUT2D eigenvalue weighted by atomic mass is 35.5. The van der Waals surface area contributed by atoms with Gasteiger partial charge in [-0.05, 0) is 31.1 Å². The summed E-state index contributed by atoms with van der Waals surface area (Å²) in [5, 5.41) is 4.20. The van der Waals surface area contributed by atoms with Gasteiger partial charge in [-0.2, -0.15) is 11.8 Å². The van der Waals surface area contributed by atoms with Crippen LogP contribution in [0.2, 0.25) is 5.02 Å². The van der Waals surface area contributed by atoms with Crippen molar-refractivity contribution in [3.8, 4) is 0 Å². The van der Waals surface area contributed by atoms with Gasteiger partial charge in [0.2, 0.25) is 0 Å². The molecule has 0 aliphatic heterocycles. The molecule has 0 spiro atoms. The summed E-state index contributed by atoms with van der Waals surface area (Å²) in [6.07, 6.45) is 4.84. The summed E-state index contributed by atoms with van der Waals surface area (Å²) in [5.74, 6) is 1.09. The molecule has 0 bridgehead atoms. The maximum atomic E-state index is 13.5. The lowest BCUT2D eigenvalue weighted by molar-refractivity contribution is 0.617. The summed E-state index contributed by atoms with van der Waals surface area (Å²) in [7, 11) is 0. The van der Waals surface area contributed by atoms with Crippen molar-refractivity contribution in [2.45, 2.75) is 37.5 Å². The molecule has 0 saturated heterocycles. The third-order valence-corrected chi connectivity index (χ3v) is 4.38. The Balaban J connectivity index is 1.93. The molecule has 2 nitrogen and oxygen atoms in total. The highest BCUT2D eigenvalue weighted by Gasteiger charge is 2.25. The summed E-state index contributed by atoms with van der Waals surface area (Å²) in [6, 6.07) is 1.63. The number of aromatic nitrogens is 1. The Hall–Kier alpha value is -0.480. The number of pyridine rings is 1. The van der Waals surface area contributed by atoms with Crippen molar-refractivity contribution in [3.63, 3.8) is 0 Å². The third-order valence-electron chi connectivity index (χ3n) is 2.94. The van der Waals surface area contributed by atoms with E-state index in [0.29, 0.717) is 22.1 Å². The van der Waals surface area contributed by atoms with Gasteiger partial charge >= 0.3 is 0 Å². The molecule has 2 rings (SSSR count). The number of rotatable bonds is 4. The predicted octanol–water partition coefficient (Wildman–Crippen LogP) is 3.96. The standard InChI is InChI=1S/C12H16ClFN2S/c1-2-17-10-4-3-9(6-10)16-12-11(14)5-8(13)7-15-12/h5,7,9-10H,2-4,6H2,1H3,(H,15,16). The molecule has 2 atom stereocenters. The van der Waals surface area contributed by atoms with Crippen LogP contribution in [0.25, 0.3) is 0 Å². The normalized spacial score (nSPS) is 23.9. The van der Waals surface area contributed by atoms with Gasteiger partial charge in [0, 0.05) is 17.5 Å². The van der Waals surface area contributed by atoms with E-state index in [-0.39, 0.29) is 5.82 Å². The molecule has 1 heterocycles. The molecule has 1 aliphatic carbocycles. The number of nitrogens with zero attached hydrogens (tertiary/aromatic N) is 1. The topological polar surface area (TPSA) is 24.9 Å². The fraction of sp³-hybridized carbons (Fsp3) is 0.583. The first kappa shape index (κ1) is 13.0. The van der Waals surface area contributed by atoms with Crippen LogP contribution in [0.15, 0.2) is 12.3 Å². The van der Waals surface area contributed by atoms with Gasteiger partial charge in [0.1, 0.15) is 0 Å². The van der Waals surface area contributed by atoms with Crippen LogP contribution in [0.3, 0.4) is 0 Å². The largest absolute Gasteiger partial charge is 0.365 e. The van der Waals surface area contributed by atoms with Gasteiger partial charge in [0.15, 0.2) is 11.6 Å².